The molecule has 0 radical (unpaired) electrons. The van der Waals surface area contributed by atoms with Gasteiger partial charge in [0.1, 0.15) is 23.2 Å². The van der Waals surface area contributed by atoms with Crippen molar-refractivity contribution in [3.63, 3.8) is 0 Å². The Morgan fingerprint density at radius 1 is 1.17 bits per heavy atom. The smallest absolute Gasteiger partial charge is 0.139 e. The molecule has 92 valence electrons. The molecular weight excluding hydrogens is 255 g/mol. The minimum atomic E-state index is -0.347. The van der Waals surface area contributed by atoms with Gasteiger partial charge in [-0.05, 0) is 36.4 Å². The van der Waals surface area contributed by atoms with Crippen molar-refractivity contribution in [3.8, 4) is 11.5 Å². The molecule has 0 atom stereocenters. The number of ether oxygens (including phenoxy) is 1. The van der Waals surface area contributed by atoms with Gasteiger partial charge in [0, 0.05) is 0 Å². The molecule has 2 rings (SSSR count). The second-order valence-corrected chi connectivity index (χ2v) is 3.99. The number of amidine groups is 1. The van der Waals surface area contributed by atoms with Crippen molar-refractivity contribution in [3.05, 3.63) is 58.9 Å². The molecule has 0 fully saturated rings. The topological polar surface area (TPSA) is 59.1 Å². The van der Waals surface area contributed by atoms with Gasteiger partial charge >= 0.3 is 0 Å². The van der Waals surface area contributed by atoms with Crippen LogP contribution < -0.4 is 10.5 Å². The van der Waals surface area contributed by atoms with Crippen molar-refractivity contribution in [2.45, 2.75) is 0 Å². The van der Waals surface area contributed by atoms with Crippen molar-refractivity contribution < 1.29 is 9.13 Å². The minimum absolute atomic E-state index is 0.183. The molecule has 2 aromatic rings. The Morgan fingerprint density at radius 2 is 1.83 bits per heavy atom. The molecule has 0 aromatic heterocycles. The predicted molar refractivity (Wildman–Crippen MR) is 68.9 cm³/mol. The molecule has 0 aliphatic carbocycles. The molecule has 0 saturated heterocycles. The summed E-state index contributed by atoms with van der Waals surface area (Å²) in [5.41, 5.74) is 5.77. The van der Waals surface area contributed by atoms with E-state index in [1.165, 1.54) is 24.3 Å². The molecule has 18 heavy (non-hydrogen) atoms. The minimum Gasteiger partial charge on any atom is -0.457 e. The van der Waals surface area contributed by atoms with Gasteiger partial charge in [0.05, 0.1) is 10.6 Å². The summed E-state index contributed by atoms with van der Waals surface area (Å²) in [5.74, 6) is 0.278. The highest BCUT2D eigenvalue weighted by Gasteiger charge is 2.11. The fourth-order valence-corrected chi connectivity index (χ4v) is 1.75. The first kappa shape index (κ1) is 12.4. The van der Waals surface area contributed by atoms with Gasteiger partial charge in [-0.15, -0.1) is 0 Å². The maximum atomic E-state index is 12.8. The van der Waals surface area contributed by atoms with Gasteiger partial charge in [-0.2, -0.15) is 0 Å². The number of hydrogen-bond donors (Lipinski definition) is 2. The number of rotatable bonds is 3. The van der Waals surface area contributed by atoms with Gasteiger partial charge in [0.15, 0.2) is 0 Å². The first-order valence-electron chi connectivity index (χ1n) is 5.14. The largest absolute Gasteiger partial charge is 0.457 e. The Bertz CT molecular complexity index is 584. The van der Waals surface area contributed by atoms with Crippen molar-refractivity contribution in [2.24, 2.45) is 5.73 Å². The van der Waals surface area contributed by atoms with Gasteiger partial charge < -0.3 is 10.5 Å². The van der Waals surface area contributed by atoms with Crippen LogP contribution in [0.4, 0.5) is 4.39 Å². The van der Waals surface area contributed by atoms with Crippen LogP contribution in [0.3, 0.4) is 0 Å². The number of nitrogens with two attached hydrogens (primary N) is 1. The molecule has 0 saturated carbocycles. The SMILES string of the molecule is N=C(N)c1c(Cl)cccc1Oc1ccc(F)cc1. The number of halogens is 2. The predicted octanol–water partition coefficient (Wildman–Crippen LogP) is 3.56. The summed E-state index contributed by atoms with van der Waals surface area (Å²) >= 11 is 5.96. The molecule has 0 bridgehead atoms. The number of nitrogens with one attached hydrogen (secondary N) is 1. The summed E-state index contributed by atoms with van der Waals surface area (Å²) in [7, 11) is 0. The van der Waals surface area contributed by atoms with Gasteiger partial charge in [0.25, 0.3) is 0 Å². The van der Waals surface area contributed by atoms with Crippen LogP contribution in [0.1, 0.15) is 5.56 Å². The highest BCUT2D eigenvalue weighted by molar-refractivity contribution is 6.34. The zero-order valence-electron chi connectivity index (χ0n) is 9.28. The number of hydrogen-bond acceptors (Lipinski definition) is 2. The van der Waals surface area contributed by atoms with E-state index in [2.05, 4.69) is 0 Å². The van der Waals surface area contributed by atoms with Gasteiger partial charge in [-0.3, -0.25) is 5.41 Å². The van der Waals surface area contributed by atoms with Crippen molar-refractivity contribution >= 4 is 17.4 Å². The highest BCUT2D eigenvalue weighted by Crippen LogP contribution is 2.30. The third kappa shape index (κ3) is 2.60. The van der Waals surface area contributed by atoms with E-state index in [1.807, 2.05) is 0 Å². The van der Waals surface area contributed by atoms with Crippen LogP contribution in [0.2, 0.25) is 5.02 Å². The fraction of sp³-hybridized carbons (Fsp3) is 0. The van der Waals surface area contributed by atoms with Crippen LogP contribution in [0, 0.1) is 11.2 Å². The summed E-state index contributed by atoms with van der Waals surface area (Å²) in [6.07, 6.45) is 0. The van der Waals surface area contributed by atoms with Crippen LogP contribution in [-0.4, -0.2) is 5.84 Å². The molecule has 0 amide bonds. The van der Waals surface area contributed by atoms with E-state index in [4.69, 9.17) is 27.5 Å². The summed E-state index contributed by atoms with van der Waals surface area (Å²) in [6, 6.07) is 10.5. The Kier molecular flexibility index (Phi) is 3.48. The molecule has 0 spiro atoms. The van der Waals surface area contributed by atoms with E-state index in [9.17, 15) is 4.39 Å². The van der Waals surface area contributed by atoms with Crippen LogP contribution in [0.25, 0.3) is 0 Å². The maximum absolute atomic E-state index is 12.8. The lowest BCUT2D eigenvalue weighted by Gasteiger charge is -2.11. The molecule has 3 nitrogen and oxygen atoms in total. The van der Waals surface area contributed by atoms with Gasteiger partial charge in [0.2, 0.25) is 0 Å². The van der Waals surface area contributed by atoms with Crippen LogP contribution in [0.5, 0.6) is 11.5 Å². The Labute approximate surface area is 108 Å². The molecule has 3 N–H and O–H groups in total. The molecule has 5 heteroatoms. The average molecular weight is 265 g/mol. The molecule has 0 aliphatic heterocycles. The fourth-order valence-electron chi connectivity index (χ4n) is 1.48. The lowest BCUT2D eigenvalue weighted by atomic mass is 10.2. The van der Waals surface area contributed by atoms with Crippen LogP contribution in [-0.2, 0) is 0 Å². The van der Waals surface area contributed by atoms with Gasteiger partial charge in [-0.25, -0.2) is 4.39 Å². The van der Waals surface area contributed by atoms with E-state index >= 15 is 0 Å². The molecule has 0 unspecified atom stereocenters. The van der Waals surface area contributed by atoms with E-state index in [0.717, 1.165) is 0 Å². The van der Waals surface area contributed by atoms with Crippen LogP contribution >= 0.6 is 11.6 Å². The first-order chi connectivity index (χ1) is 8.58. The Hall–Kier alpha value is -2.07. The van der Waals surface area contributed by atoms with Crippen molar-refractivity contribution in [1.82, 2.24) is 0 Å². The zero-order valence-corrected chi connectivity index (χ0v) is 10.0. The maximum Gasteiger partial charge on any atom is 0.139 e. The molecular formula is C13H10ClFN2O. The number of benzene rings is 2. The Balaban J connectivity index is 2.37. The monoisotopic (exact) mass is 264 g/mol. The third-order valence-electron chi connectivity index (χ3n) is 2.29. The normalized spacial score (nSPS) is 10.1. The van der Waals surface area contributed by atoms with E-state index in [-0.39, 0.29) is 11.7 Å². The zero-order chi connectivity index (χ0) is 13.1. The van der Waals surface area contributed by atoms with E-state index < -0.39 is 0 Å². The quantitative estimate of drug-likeness (QED) is 0.658. The van der Waals surface area contributed by atoms with E-state index in [1.54, 1.807) is 18.2 Å². The highest BCUT2D eigenvalue weighted by atomic mass is 35.5. The summed E-state index contributed by atoms with van der Waals surface area (Å²) in [4.78, 5) is 0. The van der Waals surface area contributed by atoms with E-state index in [0.29, 0.717) is 22.1 Å². The van der Waals surface area contributed by atoms with Gasteiger partial charge in [-0.1, -0.05) is 17.7 Å². The number of nitrogen functional groups attached to an aromatic ring is 1. The van der Waals surface area contributed by atoms with Crippen molar-refractivity contribution in [2.75, 3.05) is 0 Å². The van der Waals surface area contributed by atoms with Crippen molar-refractivity contribution in [1.29, 1.82) is 5.41 Å². The summed E-state index contributed by atoms with van der Waals surface area (Å²) in [5, 5.41) is 7.81. The molecule has 0 heterocycles. The second kappa shape index (κ2) is 5.06. The lowest BCUT2D eigenvalue weighted by Crippen LogP contribution is -2.13. The molecule has 2 aromatic carbocycles. The standard InChI is InChI=1S/C13H10ClFN2O/c14-10-2-1-3-11(12(10)13(16)17)18-9-6-4-8(15)5-7-9/h1-7H,(H3,16,17). The first-order valence-corrected chi connectivity index (χ1v) is 5.52. The average Bonchev–Trinajstić information content (AvgIpc) is 2.32. The third-order valence-corrected chi connectivity index (χ3v) is 2.60. The Morgan fingerprint density at radius 3 is 2.44 bits per heavy atom. The summed E-state index contributed by atoms with van der Waals surface area (Å²) < 4.78 is 18.3. The second-order valence-electron chi connectivity index (χ2n) is 3.58. The molecule has 0 aliphatic rings. The lowest BCUT2D eigenvalue weighted by molar-refractivity contribution is 0.479. The summed E-state index contributed by atoms with van der Waals surface area (Å²) in [6.45, 7) is 0. The van der Waals surface area contributed by atoms with Crippen LogP contribution in [0.15, 0.2) is 42.5 Å².